The van der Waals surface area contributed by atoms with Crippen LogP contribution in [0.2, 0.25) is 0 Å². The Bertz CT molecular complexity index is 232. The molecule has 1 fully saturated rings. The summed E-state index contributed by atoms with van der Waals surface area (Å²) < 4.78 is 0. The summed E-state index contributed by atoms with van der Waals surface area (Å²) in [6.07, 6.45) is 3.21. The maximum absolute atomic E-state index is 11.7. The molecule has 88 valence electrons. The van der Waals surface area contributed by atoms with E-state index in [4.69, 9.17) is 0 Å². The van der Waals surface area contributed by atoms with Crippen LogP contribution in [-0.4, -0.2) is 5.78 Å². The molecule has 0 radical (unpaired) electrons. The zero-order valence-corrected chi connectivity index (χ0v) is 11.2. The van der Waals surface area contributed by atoms with Gasteiger partial charge in [-0.05, 0) is 29.6 Å². The number of carbonyl (C=O) groups excluding carboxylic acids is 1. The molecule has 0 bridgehead atoms. The van der Waals surface area contributed by atoms with Crippen LogP contribution in [0.5, 0.6) is 0 Å². The minimum absolute atomic E-state index is 0.205. The van der Waals surface area contributed by atoms with Gasteiger partial charge < -0.3 is 0 Å². The Hall–Kier alpha value is -0.330. The van der Waals surface area contributed by atoms with E-state index in [1.165, 1.54) is 12.8 Å². The molecule has 1 saturated carbocycles. The summed E-state index contributed by atoms with van der Waals surface area (Å²) in [5, 5.41) is 0. The molecule has 1 rings (SSSR count). The average Bonchev–Trinajstić information content (AvgIpc) is 2.19. The van der Waals surface area contributed by atoms with Crippen molar-refractivity contribution in [2.24, 2.45) is 22.7 Å². The lowest BCUT2D eigenvalue weighted by Crippen LogP contribution is -2.25. The van der Waals surface area contributed by atoms with Crippen molar-refractivity contribution in [1.82, 2.24) is 0 Å². The zero-order chi connectivity index (χ0) is 11.9. The van der Waals surface area contributed by atoms with E-state index in [9.17, 15) is 4.79 Å². The molecule has 0 spiro atoms. The molecule has 0 unspecified atom stereocenters. The number of hydrogen-bond acceptors (Lipinski definition) is 1. The first-order chi connectivity index (χ1) is 6.66. The molecular formula is C14H26O. The summed E-state index contributed by atoms with van der Waals surface area (Å²) >= 11 is 0. The van der Waals surface area contributed by atoms with E-state index in [2.05, 4.69) is 27.7 Å². The normalized spacial score (nSPS) is 24.7. The highest BCUT2D eigenvalue weighted by Gasteiger charge is 2.46. The second-order valence-corrected chi connectivity index (χ2v) is 6.87. The minimum Gasteiger partial charge on any atom is -0.299 e. The molecule has 1 aliphatic rings. The molecule has 0 saturated heterocycles. The van der Waals surface area contributed by atoms with Gasteiger partial charge in [0.1, 0.15) is 5.78 Å². The van der Waals surface area contributed by atoms with Crippen molar-refractivity contribution in [3.05, 3.63) is 0 Å². The minimum atomic E-state index is 0.205. The lowest BCUT2D eigenvalue weighted by molar-refractivity contribution is -0.122. The van der Waals surface area contributed by atoms with Crippen LogP contribution in [0.15, 0.2) is 0 Å². The largest absolute Gasteiger partial charge is 0.299 e. The van der Waals surface area contributed by atoms with Crippen molar-refractivity contribution in [2.45, 2.75) is 60.8 Å². The van der Waals surface area contributed by atoms with Gasteiger partial charge in [-0.25, -0.2) is 0 Å². The predicted octanol–water partition coefficient (Wildman–Crippen LogP) is 4.06. The number of hydrogen-bond donors (Lipinski definition) is 0. The molecule has 0 aromatic heterocycles. The van der Waals surface area contributed by atoms with Gasteiger partial charge in [0.25, 0.3) is 0 Å². The molecule has 0 N–H and O–H groups in total. The molecule has 1 nitrogen and oxygen atoms in total. The van der Waals surface area contributed by atoms with Crippen molar-refractivity contribution in [2.75, 3.05) is 0 Å². The molecule has 0 heterocycles. The van der Waals surface area contributed by atoms with E-state index >= 15 is 0 Å². The molecule has 0 aromatic carbocycles. The van der Waals surface area contributed by atoms with Crippen molar-refractivity contribution in [1.29, 1.82) is 0 Å². The van der Waals surface area contributed by atoms with Crippen molar-refractivity contribution in [3.8, 4) is 0 Å². The van der Waals surface area contributed by atoms with Crippen LogP contribution in [0.25, 0.3) is 0 Å². The molecule has 1 heteroatoms. The van der Waals surface area contributed by atoms with E-state index in [-0.39, 0.29) is 5.92 Å². The smallest absolute Gasteiger partial charge is 0.135 e. The van der Waals surface area contributed by atoms with Crippen LogP contribution >= 0.6 is 0 Å². The summed E-state index contributed by atoms with van der Waals surface area (Å²) in [5.74, 6) is 1.26. The average molecular weight is 210 g/mol. The van der Waals surface area contributed by atoms with E-state index in [0.717, 1.165) is 6.42 Å². The van der Waals surface area contributed by atoms with Crippen LogP contribution < -0.4 is 0 Å². The topological polar surface area (TPSA) is 17.1 Å². The van der Waals surface area contributed by atoms with Crippen LogP contribution in [0.3, 0.4) is 0 Å². The Morgan fingerprint density at radius 3 is 1.87 bits per heavy atom. The third-order valence-corrected chi connectivity index (χ3v) is 4.56. The van der Waals surface area contributed by atoms with Gasteiger partial charge in [-0.1, -0.05) is 41.5 Å². The van der Waals surface area contributed by atoms with Gasteiger partial charge in [0, 0.05) is 12.3 Å². The Labute approximate surface area is 94.6 Å². The Balaban J connectivity index is 2.60. The van der Waals surface area contributed by atoms with E-state index in [0.29, 0.717) is 22.5 Å². The monoisotopic (exact) mass is 210 g/mol. The van der Waals surface area contributed by atoms with Crippen molar-refractivity contribution in [3.63, 3.8) is 0 Å². The molecule has 0 amide bonds. The standard InChI is InChI=1S/C14H26O/c1-10(2)12(15)7-11-8-13(3,4)14(5,6)9-11/h10-11H,7-9H2,1-6H3. The SMILES string of the molecule is CC(C)C(=O)CC1CC(C)(C)C(C)(C)C1. The van der Waals surface area contributed by atoms with Gasteiger partial charge in [0.05, 0.1) is 0 Å². The van der Waals surface area contributed by atoms with Gasteiger partial charge in [-0.3, -0.25) is 4.79 Å². The first kappa shape index (κ1) is 12.7. The predicted molar refractivity (Wildman–Crippen MR) is 64.7 cm³/mol. The maximum atomic E-state index is 11.7. The molecule has 0 atom stereocenters. The van der Waals surface area contributed by atoms with E-state index < -0.39 is 0 Å². The summed E-state index contributed by atoms with van der Waals surface area (Å²) in [4.78, 5) is 11.7. The lowest BCUT2D eigenvalue weighted by Gasteiger charge is -2.34. The molecular weight excluding hydrogens is 184 g/mol. The highest BCUT2D eigenvalue weighted by atomic mass is 16.1. The fourth-order valence-electron chi connectivity index (χ4n) is 2.73. The van der Waals surface area contributed by atoms with Crippen LogP contribution in [-0.2, 0) is 4.79 Å². The molecule has 0 aliphatic heterocycles. The lowest BCUT2D eigenvalue weighted by atomic mass is 9.71. The summed E-state index contributed by atoms with van der Waals surface area (Å²) in [7, 11) is 0. The zero-order valence-electron chi connectivity index (χ0n) is 11.2. The molecule has 15 heavy (non-hydrogen) atoms. The molecule has 0 aromatic rings. The van der Waals surface area contributed by atoms with Gasteiger partial charge in [0.2, 0.25) is 0 Å². The number of rotatable bonds is 3. The maximum Gasteiger partial charge on any atom is 0.135 e. The van der Waals surface area contributed by atoms with Gasteiger partial charge in [-0.15, -0.1) is 0 Å². The first-order valence-electron chi connectivity index (χ1n) is 6.18. The quantitative estimate of drug-likeness (QED) is 0.686. The fourth-order valence-corrected chi connectivity index (χ4v) is 2.73. The third-order valence-electron chi connectivity index (χ3n) is 4.56. The summed E-state index contributed by atoms with van der Waals surface area (Å²) in [5.41, 5.74) is 0.768. The highest BCUT2D eigenvalue weighted by molar-refractivity contribution is 5.80. The van der Waals surface area contributed by atoms with Crippen molar-refractivity contribution < 1.29 is 4.79 Å². The third kappa shape index (κ3) is 2.62. The number of Topliss-reactive ketones (excluding diaryl/α,β-unsaturated/α-hetero) is 1. The van der Waals surface area contributed by atoms with Crippen LogP contribution in [0.1, 0.15) is 60.8 Å². The van der Waals surface area contributed by atoms with Crippen LogP contribution in [0.4, 0.5) is 0 Å². The second kappa shape index (κ2) is 3.92. The summed E-state index contributed by atoms with van der Waals surface area (Å²) in [6.45, 7) is 13.4. The second-order valence-electron chi connectivity index (χ2n) is 6.87. The summed E-state index contributed by atoms with van der Waals surface area (Å²) in [6, 6.07) is 0. The Kier molecular flexibility index (Phi) is 3.33. The molecule has 1 aliphatic carbocycles. The van der Waals surface area contributed by atoms with Gasteiger partial charge in [-0.2, -0.15) is 0 Å². The number of ketones is 1. The highest BCUT2D eigenvalue weighted by Crippen LogP contribution is 2.55. The van der Waals surface area contributed by atoms with Gasteiger partial charge in [0.15, 0.2) is 0 Å². The van der Waals surface area contributed by atoms with Crippen molar-refractivity contribution >= 4 is 5.78 Å². The van der Waals surface area contributed by atoms with E-state index in [1.807, 2.05) is 13.8 Å². The first-order valence-corrected chi connectivity index (χ1v) is 6.18. The van der Waals surface area contributed by atoms with Gasteiger partial charge >= 0.3 is 0 Å². The Morgan fingerprint density at radius 2 is 1.53 bits per heavy atom. The fraction of sp³-hybridized carbons (Fsp3) is 0.929. The van der Waals surface area contributed by atoms with E-state index in [1.54, 1.807) is 0 Å². The number of carbonyl (C=O) groups is 1. The Morgan fingerprint density at radius 1 is 1.13 bits per heavy atom. The van der Waals surface area contributed by atoms with Crippen LogP contribution in [0, 0.1) is 22.7 Å².